The van der Waals surface area contributed by atoms with E-state index in [1.54, 1.807) is 11.3 Å². The van der Waals surface area contributed by atoms with Gasteiger partial charge in [-0.1, -0.05) is 0 Å². The minimum atomic E-state index is 0.124. The molecule has 1 spiro atoms. The third kappa shape index (κ3) is 3.50. The Hall–Kier alpha value is -0.420. The summed E-state index contributed by atoms with van der Waals surface area (Å²) >= 11 is 1.79. The predicted octanol–water partition coefficient (Wildman–Crippen LogP) is 3.30. The van der Waals surface area contributed by atoms with Crippen LogP contribution >= 0.6 is 11.3 Å². The molecule has 3 nitrogen and oxygen atoms in total. The lowest BCUT2D eigenvalue weighted by Gasteiger charge is -2.38. The van der Waals surface area contributed by atoms with Crippen molar-refractivity contribution in [2.75, 3.05) is 26.3 Å². The molecule has 2 saturated heterocycles. The Morgan fingerprint density at radius 1 is 1.33 bits per heavy atom. The van der Waals surface area contributed by atoms with Crippen molar-refractivity contribution < 1.29 is 9.47 Å². The molecule has 3 heterocycles. The average molecular weight is 307 g/mol. The lowest BCUT2D eigenvalue weighted by Crippen LogP contribution is -2.43. The molecule has 1 atom stereocenters. The summed E-state index contributed by atoms with van der Waals surface area (Å²) in [5, 5.41) is 4.43. The lowest BCUT2D eigenvalue weighted by atomic mass is 9.88. The summed E-state index contributed by atoms with van der Waals surface area (Å²) in [5.74, 6) is 0.856. The van der Waals surface area contributed by atoms with Crippen molar-refractivity contribution in [1.82, 2.24) is 4.90 Å². The largest absolute Gasteiger partial charge is 0.375 e. The van der Waals surface area contributed by atoms with E-state index < -0.39 is 0 Å². The molecule has 0 bridgehead atoms. The molecule has 0 radical (unpaired) electrons. The molecule has 4 rings (SSSR count). The van der Waals surface area contributed by atoms with Crippen LogP contribution in [0.4, 0.5) is 0 Å². The second-order valence-electron chi connectivity index (χ2n) is 7.00. The Morgan fingerprint density at radius 2 is 2.19 bits per heavy atom. The van der Waals surface area contributed by atoms with Crippen molar-refractivity contribution in [2.24, 2.45) is 5.92 Å². The summed E-state index contributed by atoms with van der Waals surface area (Å²) in [6.07, 6.45) is 6.55. The van der Waals surface area contributed by atoms with E-state index in [1.165, 1.54) is 31.2 Å². The third-order valence-electron chi connectivity index (χ3n) is 5.19. The quantitative estimate of drug-likeness (QED) is 0.833. The molecule has 3 fully saturated rings. The minimum Gasteiger partial charge on any atom is -0.375 e. The molecule has 0 amide bonds. The van der Waals surface area contributed by atoms with E-state index in [0.29, 0.717) is 6.10 Å². The molecule has 1 aromatic rings. The molecule has 0 aromatic carbocycles. The van der Waals surface area contributed by atoms with Crippen LogP contribution in [-0.4, -0.2) is 42.9 Å². The Bertz CT molecular complexity index is 449. The van der Waals surface area contributed by atoms with E-state index in [2.05, 4.69) is 21.7 Å². The highest BCUT2D eigenvalue weighted by molar-refractivity contribution is 7.07. The van der Waals surface area contributed by atoms with Gasteiger partial charge in [-0.05, 0) is 54.0 Å². The molecule has 3 aliphatic rings. The van der Waals surface area contributed by atoms with E-state index in [-0.39, 0.29) is 5.60 Å². The molecule has 1 aliphatic carbocycles. The van der Waals surface area contributed by atoms with Gasteiger partial charge in [-0.2, -0.15) is 11.3 Å². The van der Waals surface area contributed by atoms with Crippen LogP contribution in [0.3, 0.4) is 0 Å². The van der Waals surface area contributed by atoms with Gasteiger partial charge in [0.1, 0.15) is 0 Å². The second kappa shape index (κ2) is 5.99. The first kappa shape index (κ1) is 14.2. The Labute approximate surface area is 131 Å². The van der Waals surface area contributed by atoms with Crippen LogP contribution in [0.2, 0.25) is 0 Å². The molecular formula is C17H25NO2S. The molecule has 0 N–H and O–H groups in total. The number of ether oxygens (including phenoxy) is 2. The number of likely N-dealkylation sites (tertiary alicyclic amines) is 1. The maximum absolute atomic E-state index is 6.18. The predicted molar refractivity (Wildman–Crippen MR) is 84.6 cm³/mol. The van der Waals surface area contributed by atoms with E-state index in [1.807, 2.05) is 0 Å². The highest BCUT2D eigenvalue weighted by atomic mass is 32.1. The molecule has 2 aliphatic heterocycles. The van der Waals surface area contributed by atoms with Gasteiger partial charge < -0.3 is 9.47 Å². The van der Waals surface area contributed by atoms with Gasteiger partial charge in [0.05, 0.1) is 18.3 Å². The first-order valence-electron chi connectivity index (χ1n) is 8.30. The number of rotatable bonds is 5. The van der Waals surface area contributed by atoms with E-state index in [9.17, 15) is 0 Å². The number of hydrogen-bond acceptors (Lipinski definition) is 4. The van der Waals surface area contributed by atoms with E-state index in [0.717, 1.165) is 45.2 Å². The van der Waals surface area contributed by atoms with Gasteiger partial charge in [-0.15, -0.1) is 0 Å². The van der Waals surface area contributed by atoms with Crippen molar-refractivity contribution in [2.45, 2.75) is 50.4 Å². The monoisotopic (exact) mass is 307 g/mol. The number of nitrogens with zero attached hydrogens (tertiary/aromatic N) is 1. The van der Waals surface area contributed by atoms with Crippen LogP contribution in [0, 0.1) is 5.92 Å². The maximum Gasteiger partial charge on any atom is 0.0836 e. The zero-order valence-corrected chi connectivity index (χ0v) is 13.4. The SMILES string of the molecule is c1cc(CN2CCC3(CC2)C[C@@H](OCC2CC2)CO3)cs1. The van der Waals surface area contributed by atoms with Crippen LogP contribution in [0.15, 0.2) is 16.8 Å². The fraction of sp³-hybridized carbons (Fsp3) is 0.765. The van der Waals surface area contributed by atoms with Crippen LogP contribution < -0.4 is 0 Å². The first-order chi connectivity index (χ1) is 10.3. The summed E-state index contributed by atoms with van der Waals surface area (Å²) in [6.45, 7) is 5.20. The fourth-order valence-electron chi connectivity index (χ4n) is 3.57. The smallest absolute Gasteiger partial charge is 0.0836 e. The molecular weight excluding hydrogens is 282 g/mol. The summed E-state index contributed by atoms with van der Waals surface area (Å²) < 4.78 is 12.2. The van der Waals surface area contributed by atoms with Gasteiger partial charge in [0.2, 0.25) is 0 Å². The fourth-order valence-corrected chi connectivity index (χ4v) is 4.23. The average Bonchev–Trinajstić information content (AvgIpc) is 3.04. The molecule has 1 aromatic heterocycles. The van der Waals surface area contributed by atoms with Gasteiger partial charge in [0, 0.05) is 32.7 Å². The van der Waals surface area contributed by atoms with Gasteiger partial charge in [0.15, 0.2) is 0 Å². The second-order valence-corrected chi connectivity index (χ2v) is 7.78. The first-order valence-corrected chi connectivity index (χ1v) is 9.25. The maximum atomic E-state index is 6.18. The van der Waals surface area contributed by atoms with Crippen molar-refractivity contribution in [3.05, 3.63) is 22.4 Å². The summed E-state index contributed by atoms with van der Waals surface area (Å²) in [7, 11) is 0. The highest BCUT2D eigenvalue weighted by Gasteiger charge is 2.43. The molecule has 21 heavy (non-hydrogen) atoms. The van der Waals surface area contributed by atoms with Crippen LogP contribution in [0.1, 0.15) is 37.7 Å². The van der Waals surface area contributed by atoms with Gasteiger partial charge in [-0.25, -0.2) is 0 Å². The van der Waals surface area contributed by atoms with Crippen molar-refractivity contribution in [3.63, 3.8) is 0 Å². The van der Waals surface area contributed by atoms with E-state index in [4.69, 9.17) is 9.47 Å². The van der Waals surface area contributed by atoms with Crippen molar-refractivity contribution in [1.29, 1.82) is 0 Å². The summed E-state index contributed by atoms with van der Waals surface area (Å²) in [5.41, 5.74) is 1.58. The topological polar surface area (TPSA) is 21.7 Å². The van der Waals surface area contributed by atoms with Crippen LogP contribution in [-0.2, 0) is 16.0 Å². The molecule has 116 valence electrons. The summed E-state index contributed by atoms with van der Waals surface area (Å²) in [6, 6.07) is 2.24. The van der Waals surface area contributed by atoms with Crippen molar-refractivity contribution >= 4 is 11.3 Å². The Balaban J connectivity index is 1.24. The van der Waals surface area contributed by atoms with E-state index >= 15 is 0 Å². The molecule has 4 heteroatoms. The third-order valence-corrected chi connectivity index (χ3v) is 5.93. The standard InChI is InChI=1S/C17H25NO2S/c1-2-14(1)11-19-16-9-17(20-12-16)4-6-18(7-5-17)10-15-3-8-21-13-15/h3,8,13-14,16H,1-2,4-7,9-12H2/t16-/m1/s1. The number of piperidine rings is 1. The molecule has 0 unspecified atom stereocenters. The van der Waals surface area contributed by atoms with Gasteiger partial charge >= 0.3 is 0 Å². The Kier molecular flexibility index (Phi) is 4.05. The van der Waals surface area contributed by atoms with Crippen LogP contribution in [0.5, 0.6) is 0 Å². The zero-order valence-electron chi connectivity index (χ0n) is 12.6. The van der Waals surface area contributed by atoms with Gasteiger partial charge in [0.25, 0.3) is 0 Å². The normalized spacial score (nSPS) is 29.2. The molecule has 1 saturated carbocycles. The summed E-state index contributed by atoms with van der Waals surface area (Å²) in [4.78, 5) is 2.56. The highest BCUT2D eigenvalue weighted by Crippen LogP contribution is 2.38. The zero-order chi connectivity index (χ0) is 14.1. The Morgan fingerprint density at radius 3 is 2.90 bits per heavy atom. The van der Waals surface area contributed by atoms with Gasteiger partial charge in [-0.3, -0.25) is 4.90 Å². The number of thiophene rings is 1. The lowest BCUT2D eigenvalue weighted by molar-refractivity contribution is -0.0466. The van der Waals surface area contributed by atoms with Crippen molar-refractivity contribution in [3.8, 4) is 0 Å². The number of hydrogen-bond donors (Lipinski definition) is 0. The minimum absolute atomic E-state index is 0.124. The van der Waals surface area contributed by atoms with Crippen LogP contribution in [0.25, 0.3) is 0 Å².